The first-order chi connectivity index (χ1) is 16.8. The van der Waals surface area contributed by atoms with E-state index in [0.29, 0.717) is 24.2 Å². The molecule has 1 aliphatic rings. The maximum absolute atomic E-state index is 13.9. The Kier molecular flexibility index (Phi) is 7.87. The molecule has 0 saturated heterocycles. The highest BCUT2D eigenvalue weighted by Crippen LogP contribution is 2.22. The minimum absolute atomic E-state index is 0.0327. The second-order valence-corrected chi connectivity index (χ2v) is 11.1. The Bertz CT molecular complexity index is 1360. The molecular formula is C24H29FN4O6S. The van der Waals surface area contributed by atoms with Crippen molar-refractivity contribution >= 4 is 21.7 Å². The van der Waals surface area contributed by atoms with Gasteiger partial charge in [0.15, 0.2) is 11.6 Å². The number of aromatic nitrogens is 1. The monoisotopic (exact) mass is 520 g/mol. The number of fused-ring (bicyclic) bond motifs is 1. The average Bonchev–Trinajstić information content (AvgIpc) is 2.79. The number of hydrogen-bond acceptors (Lipinski definition) is 7. The van der Waals surface area contributed by atoms with Gasteiger partial charge in [0.2, 0.25) is 0 Å². The first-order valence-corrected chi connectivity index (χ1v) is 12.7. The van der Waals surface area contributed by atoms with Gasteiger partial charge in [-0.05, 0) is 50.6 Å². The molecular weight excluding hydrogens is 491 g/mol. The van der Waals surface area contributed by atoms with Crippen LogP contribution >= 0.6 is 0 Å². The molecule has 0 aliphatic carbocycles. The predicted molar refractivity (Wildman–Crippen MR) is 131 cm³/mol. The summed E-state index contributed by atoms with van der Waals surface area (Å²) < 4.78 is 44.7. The third-order valence-electron chi connectivity index (χ3n) is 5.25. The Morgan fingerprint density at radius 1 is 1.31 bits per heavy atom. The van der Waals surface area contributed by atoms with Gasteiger partial charge in [0.05, 0.1) is 28.3 Å². The number of aromatic amines is 1. The smallest absolute Gasteiger partial charge is 0.410 e. The van der Waals surface area contributed by atoms with E-state index in [-0.39, 0.29) is 29.3 Å². The van der Waals surface area contributed by atoms with Crippen molar-refractivity contribution in [3.05, 3.63) is 68.7 Å². The lowest BCUT2D eigenvalue weighted by atomic mass is 10.0. The van der Waals surface area contributed by atoms with Crippen LogP contribution in [-0.4, -0.2) is 51.9 Å². The lowest BCUT2D eigenvalue weighted by molar-refractivity contribution is 0.0222. The Balaban J connectivity index is 1.67. The zero-order valence-electron chi connectivity index (χ0n) is 20.5. The summed E-state index contributed by atoms with van der Waals surface area (Å²) in [6.07, 6.45) is 1.23. The first-order valence-electron chi connectivity index (χ1n) is 11.1. The first kappa shape index (κ1) is 26.9. The lowest BCUT2D eigenvalue weighted by Gasteiger charge is -2.31. The van der Waals surface area contributed by atoms with Gasteiger partial charge in [0.25, 0.3) is 11.5 Å². The van der Waals surface area contributed by atoms with Crippen molar-refractivity contribution in [2.24, 2.45) is 0 Å². The van der Waals surface area contributed by atoms with Crippen molar-refractivity contribution in [2.45, 2.75) is 44.2 Å². The Morgan fingerprint density at radius 2 is 2.03 bits per heavy atom. The molecule has 0 fully saturated rings. The van der Waals surface area contributed by atoms with E-state index in [1.165, 1.54) is 36.3 Å². The van der Waals surface area contributed by atoms with Gasteiger partial charge in [-0.3, -0.25) is 9.59 Å². The quantitative estimate of drug-likeness (QED) is 0.534. The highest BCUT2D eigenvalue weighted by molar-refractivity contribution is 7.95. The summed E-state index contributed by atoms with van der Waals surface area (Å²) in [5.41, 5.74) is -0.0822. The number of H-pyrrole nitrogens is 1. The third-order valence-corrected chi connectivity index (χ3v) is 6.78. The molecule has 3 N–H and O–H groups in total. The van der Waals surface area contributed by atoms with Gasteiger partial charge < -0.3 is 24.7 Å². The van der Waals surface area contributed by atoms with E-state index in [2.05, 4.69) is 10.3 Å². The number of carbonyl (C=O) groups is 2. The van der Waals surface area contributed by atoms with E-state index in [1.807, 2.05) is 0 Å². The molecule has 0 bridgehead atoms. The van der Waals surface area contributed by atoms with Gasteiger partial charge in [0, 0.05) is 30.6 Å². The summed E-state index contributed by atoms with van der Waals surface area (Å²) in [4.78, 5) is 41.6. The zero-order valence-corrected chi connectivity index (χ0v) is 21.3. The standard InChI is InChI=1S/C24H29FN4O6S/c1-24(2,3)35-23(32)29-10-8-19-15(14-29)12-17(22(31)28-19)21(30)27-9-5-11-36(26,33)16-6-7-20(34-4)18(25)13-16/h5-7,11-13,26H,8-10,14H2,1-4H3,(H,27,30)(H,28,31)/b11-5+. The molecule has 0 saturated carbocycles. The number of carbonyl (C=O) groups excluding carboxylic acids is 2. The van der Waals surface area contributed by atoms with Crippen LogP contribution in [0.4, 0.5) is 9.18 Å². The molecule has 1 aromatic carbocycles. The van der Waals surface area contributed by atoms with Crippen LogP contribution in [0.2, 0.25) is 0 Å². The van der Waals surface area contributed by atoms with Gasteiger partial charge in [-0.1, -0.05) is 6.08 Å². The van der Waals surface area contributed by atoms with E-state index in [4.69, 9.17) is 14.3 Å². The molecule has 36 heavy (non-hydrogen) atoms. The molecule has 1 aromatic heterocycles. The van der Waals surface area contributed by atoms with Crippen LogP contribution in [0.25, 0.3) is 0 Å². The maximum atomic E-state index is 13.9. The number of hydrogen-bond donors (Lipinski definition) is 3. The van der Waals surface area contributed by atoms with Gasteiger partial charge in [-0.25, -0.2) is 18.2 Å². The zero-order chi connectivity index (χ0) is 26.7. The summed E-state index contributed by atoms with van der Waals surface area (Å²) in [5.74, 6) is -1.45. The number of pyridine rings is 1. The van der Waals surface area contributed by atoms with Gasteiger partial charge >= 0.3 is 6.09 Å². The fraction of sp³-hybridized carbons (Fsp3) is 0.375. The number of methoxy groups -OCH3 is 1. The van der Waals surface area contributed by atoms with Crippen molar-refractivity contribution in [3.63, 3.8) is 0 Å². The molecule has 2 amide bonds. The molecule has 1 aliphatic heterocycles. The van der Waals surface area contributed by atoms with Gasteiger partial charge in [0.1, 0.15) is 11.2 Å². The summed E-state index contributed by atoms with van der Waals surface area (Å²) in [6.45, 7) is 5.75. The number of halogens is 1. The van der Waals surface area contributed by atoms with Crippen LogP contribution in [0.1, 0.15) is 42.4 Å². The Hall–Kier alpha value is -3.67. The van der Waals surface area contributed by atoms with Crippen LogP contribution in [-0.2, 0) is 27.4 Å². The predicted octanol–water partition coefficient (Wildman–Crippen LogP) is 3.17. The highest BCUT2D eigenvalue weighted by atomic mass is 32.2. The molecule has 1 unspecified atom stereocenters. The van der Waals surface area contributed by atoms with E-state index in [0.717, 1.165) is 11.5 Å². The Morgan fingerprint density at radius 3 is 2.67 bits per heavy atom. The molecule has 12 heteroatoms. The van der Waals surface area contributed by atoms with E-state index >= 15 is 0 Å². The van der Waals surface area contributed by atoms with Crippen LogP contribution in [0.15, 0.2) is 45.4 Å². The number of benzene rings is 1. The summed E-state index contributed by atoms with van der Waals surface area (Å²) in [5, 5.41) is 3.57. The van der Waals surface area contributed by atoms with Crippen molar-refractivity contribution in [1.82, 2.24) is 15.2 Å². The molecule has 194 valence electrons. The lowest BCUT2D eigenvalue weighted by Crippen LogP contribution is -2.41. The van der Waals surface area contributed by atoms with Crippen molar-refractivity contribution in [3.8, 4) is 5.75 Å². The Labute approximate surface area is 208 Å². The molecule has 3 rings (SSSR count). The molecule has 0 radical (unpaired) electrons. The SMILES string of the molecule is COc1ccc(S(=N)(=O)/C=C/CNC(=O)c2cc3c([nH]c2=O)CCN(C(=O)OC(C)(C)C)C3)cc1F. The number of amides is 2. The summed E-state index contributed by atoms with van der Waals surface area (Å²) >= 11 is 0. The van der Waals surface area contributed by atoms with Crippen LogP contribution in [0.3, 0.4) is 0 Å². The van der Waals surface area contributed by atoms with Gasteiger partial charge in [-0.2, -0.15) is 0 Å². The minimum atomic E-state index is -3.46. The molecule has 0 spiro atoms. The van der Waals surface area contributed by atoms with E-state index < -0.39 is 38.7 Å². The van der Waals surface area contributed by atoms with Crippen LogP contribution < -0.4 is 15.6 Å². The van der Waals surface area contributed by atoms with Crippen LogP contribution in [0, 0.1) is 10.6 Å². The average molecular weight is 521 g/mol. The molecule has 1 atom stereocenters. The number of nitrogens with one attached hydrogen (secondary N) is 3. The normalized spacial score (nSPS) is 15.2. The van der Waals surface area contributed by atoms with E-state index in [1.54, 1.807) is 20.8 Å². The molecule has 2 heterocycles. The topological polar surface area (TPSA) is 142 Å². The second kappa shape index (κ2) is 10.5. The number of ether oxygens (including phenoxy) is 2. The van der Waals surface area contributed by atoms with Gasteiger partial charge in [-0.15, -0.1) is 0 Å². The highest BCUT2D eigenvalue weighted by Gasteiger charge is 2.27. The summed E-state index contributed by atoms with van der Waals surface area (Å²) in [6, 6.07) is 5.01. The fourth-order valence-corrected chi connectivity index (χ4v) is 4.58. The number of nitrogens with zero attached hydrogens (tertiary/aromatic N) is 1. The second-order valence-electron chi connectivity index (χ2n) is 9.15. The van der Waals surface area contributed by atoms with Crippen molar-refractivity contribution in [1.29, 1.82) is 4.78 Å². The third kappa shape index (κ3) is 6.51. The van der Waals surface area contributed by atoms with Crippen LogP contribution in [0.5, 0.6) is 5.75 Å². The minimum Gasteiger partial charge on any atom is -0.494 e. The summed E-state index contributed by atoms with van der Waals surface area (Å²) in [7, 11) is -2.17. The van der Waals surface area contributed by atoms with Crippen molar-refractivity contribution < 1.29 is 27.7 Å². The fourth-order valence-electron chi connectivity index (χ4n) is 3.50. The maximum Gasteiger partial charge on any atom is 0.410 e. The van der Waals surface area contributed by atoms with E-state index in [9.17, 15) is 23.0 Å². The molecule has 10 nitrogen and oxygen atoms in total. The largest absolute Gasteiger partial charge is 0.494 e. The number of rotatable bonds is 6. The molecule has 2 aromatic rings. The van der Waals surface area contributed by atoms with Crippen molar-refractivity contribution in [2.75, 3.05) is 20.2 Å².